The Hall–Kier alpha value is -1.69. The molecule has 0 aliphatic carbocycles. The Labute approximate surface area is 122 Å². The molecule has 1 saturated heterocycles. The Morgan fingerprint density at radius 3 is 2.86 bits per heavy atom. The number of aromatic nitrogens is 1. The first-order chi connectivity index (χ1) is 10.0. The first-order valence-corrected chi connectivity index (χ1v) is 7.26. The standard InChI is InChI=1S/C16H20N2O3/c1-10-3-2-4-13-14(10)7-11(17-16(13)21)5-6-18-9-12(19)8-15(18)20/h2-4,7,12,15,19-20H,5-6,8-9H2,1H3,(H,17,21)/t12-,15?/m0/s1. The zero-order chi connectivity index (χ0) is 15.0. The minimum absolute atomic E-state index is 0.0757. The molecule has 21 heavy (non-hydrogen) atoms. The van der Waals surface area contributed by atoms with Gasteiger partial charge in [0.1, 0.15) is 6.23 Å². The molecule has 5 nitrogen and oxygen atoms in total. The van der Waals surface area contributed by atoms with Crippen LogP contribution in [0.1, 0.15) is 17.7 Å². The SMILES string of the molecule is Cc1cccc2c(=O)[nH]c(CCN3C[C@@H](O)CC3O)cc12. The van der Waals surface area contributed by atoms with Crippen LogP contribution in [0.15, 0.2) is 29.1 Å². The van der Waals surface area contributed by atoms with Gasteiger partial charge in [-0.1, -0.05) is 12.1 Å². The predicted molar refractivity (Wildman–Crippen MR) is 81.2 cm³/mol. The number of hydrogen-bond acceptors (Lipinski definition) is 4. The maximum atomic E-state index is 12.1. The molecule has 112 valence electrons. The van der Waals surface area contributed by atoms with Crippen molar-refractivity contribution < 1.29 is 10.2 Å². The molecule has 3 N–H and O–H groups in total. The van der Waals surface area contributed by atoms with Crippen LogP contribution in [0.5, 0.6) is 0 Å². The third kappa shape index (κ3) is 2.85. The topological polar surface area (TPSA) is 76.6 Å². The monoisotopic (exact) mass is 288 g/mol. The van der Waals surface area contributed by atoms with E-state index in [4.69, 9.17) is 0 Å². The van der Waals surface area contributed by atoms with E-state index in [9.17, 15) is 15.0 Å². The van der Waals surface area contributed by atoms with Gasteiger partial charge < -0.3 is 15.2 Å². The largest absolute Gasteiger partial charge is 0.392 e. The van der Waals surface area contributed by atoms with Crippen LogP contribution in [-0.2, 0) is 6.42 Å². The number of β-amino-alcohol motifs (C(OH)–C–C–N with tert-alkyl or cyclic N) is 1. The van der Waals surface area contributed by atoms with Crippen molar-refractivity contribution in [2.75, 3.05) is 13.1 Å². The van der Waals surface area contributed by atoms with Gasteiger partial charge in [-0.3, -0.25) is 9.69 Å². The van der Waals surface area contributed by atoms with Crippen LogP contribution in [-0.4, -0.2) is 45.5 Å². The van der Waals surface area contributed by atoms with Crippen LogP contribution in [0.25, 0.3) is 10.8 Å². The second-order valence-corrected chi connectivity index (χ2v) is 5.77. The van der Waals surface area contributed by atoms with Gasteiger partial charge in [-0.2, -0.15) is 0 Å². The Morgan fingerprint density at radius 1 is 1.33 bits per heavy atom. The molecular weight excluding hydrogens is 268 g/mol. The maximum absolute atomic E-state index is 12.1. The van der Waals surface area contributed by atoms with E-state index in [1.54, 1.807) is 0 Å². The van der Waals surface area contributed by atoms with E-state index in [2.05, 4.69) is 4.98 Å². The average Bonchev–Trinajstić information content (AvgIpc) is 2.76. The molecule has 0 radical (unpaired) electrons. The highest BCUT2D eigenvalue weighted by atomic mass is 16.3. The van der Waals surface area contributed by atoms with Crippen molar-refractivity contribution in [1.29, 1.82) is 0 Å². The minimum Gasteiger partial charge on any atom is -0.392 e. The fourth-order valence-electron chi connectivity index (χ4n) is 2.99. The molecule has 0 amide bonds. The molecule has 1 aliphatic rings. The van der Waals surface area contributed by atoms with Gasteiger partial charge in [0.2, 0.25) is 0 Å². The van der Waals surface area contributed by atoms with Gasteiger partial charge >= 0.3 is 0 Å². The molecule has 2 aromatic rings. The second-order valence-electron chi connectivity index (χ2n) is 5.77. The van der Waals surface area contributed by atoms with Crippen molar-refractivity contribution in [1.82, 2.24) is 9.88 Å². The first-order valence-electron chi connectivity index (χ1n) is 7.26. The summed E-state index contributed by atoms with van der Waals surface area (Å²) in [4.78, 5) is 16.8. The number of benzene rings is 1. The zero-order valence-corrected chi connectivity index (χ0v) is 12.0. The lowest BCUT2D eigenvalue weighted by molar-refractivity contribution is 0.0387. The summed E-state index contributed by atoms with van der Waals surface area (Å²) < 4.78 is 0. The first kappa shape index (κ1) is 14.3. The lowest BCUT2D eigenvalue weighted by Crippen LogP contribution is -2.32. The molecule has 0 spiro atoms. The Kier molecular flexibility index (Phi) is 3.80. The molecule has 1 aromatic carbocycles. The Bertz CT molecular complexity index is 710. The molecule has 1 fully saturated rings. The third-order valence-electron chi connectivity index (χ3n) is 4.18. The highest BCUT2D eigenvalue weighted by Gasteiger charge is 2.28. The number of fused-ring (bicyclic) bond motifs is 1. The van der Waals surface area contributed by atoms with E-state index in [-0.39, 0.29) is 5.56 Å². The molecule has 0 saturated carbocycles. The van der Waals surface area contributed by atoms with E-state index in [0.29, 0.717) is 31.3 Å². The summed E-state index contributed by atoms with van der Waals surface area (Å²) in [6.07, 6.45) is -0.0109. The van der Waals surface area contributed by atoms with Crippen molar-refractivity contribution in [2.45, 2.75) is 32.1 Å². The van der Waals surface area contributed by atoms with Gasteiger partial charge in [-0.15, -0.1) is 0 Å². The number of H-pyrrole nitrogens is 1. The quantitative estimate of drug-likeness (QED) is 0.779. The number of likely N-dealkylation sites (tertiary alicyclic amines) is 1. The predicted octanol–water partition coefficient (Wildman–Crippen LogP) is 0.764. The Balaban J connectivity index is 1.82. The lowest BCUT2D eigenvalue weighted by atomic mass is 10.1. The minimum atomic E-state index is -0.589. The van der Waals surface area contributed by atoms with Crippen LogP contribution in [0.3, 0.4) is 0 Å². The molecule has 2 heterocycles. The van der Waals surface area contributed by atoms with Crippen molar-refractivity contribution in [2.24, 2.45) is 0 Å². The summed E-state index contributed by atoms with van der Waals surface area (Å²) in [6, 6.07) is 7.71. The summed E-state index contributed by atoms with van der Waals surface area (Å²) in [5, 5.41) is 21.0. The van der Waals surface area contributed by atoms with Crippen molar-refractivity contribution >= 4 is 10.8 Å². The van der Waals surface area contributed by atoms with Crippen LogP contribution < -0.4 is 5.56 Å². The number of aliphatic hydroxyl groups is 2. The van der Waals surface area contributed by atoms with Crippen LogP contribution >= 0.6 is 0 Å². The number of hydrogen-bond donors (Lipinski definition) is 3. The van der Waals surface area contributed by atoms with Gasteiger partial charge in [0.05, 0.1) is 6.10 Å². The summed E-state index contributed by atoms with van der Waals surface area (Å²) in [7, 11) is 0. The number of nitrogens with one attached hydrogen (secondary N) is 1. The molecule has 0 bridgehead atoms. The summed E-state index contributed by atoms with van der Waals surface area (Å²) in [6.45, 7) is 3.09. The number of nitrogens with zero attached hydrogens (tertiary/aromatic N) is 1. The van der Waals surface area contributed by atoms with Gasteiger partial charge in [-0.25, -0.2) is 0 Å². The van der Waals surface area contributed by atoms with E-state index < -0.39 is 12.3 Å². The smallest absolute Gasteiger partial charge is 0.256 e. The van der Waals surface area contributed by atoms with Crippen molar-refractivity contribution in [3.8, 4) is 0 Å². The summed E-state index contributed by atoms with van der Waals surface area (Å²) in [5.74, 6) is 0. The van der Waals surface area contributed by atoms with Gasteiger partial charge in [0, 0.05) is 37.0 Å². The van der Waals surface area contributed by atoms with Gasteiger partial charge in [-0.05, 0) is 30.0 Å². The molecule has 3 rings (SSSR count). The van der Waals surface area contributed by atoms with Crippen molar-refractivity contribution in [3.63, 3.8) is 0 Å². The molecule has 1 aromatic heterocycles. The number of aliphatic hydroxyl groups excluding tert-OH is 2. The zero-order valence-electron chi connectivity index (χ0n) is 12.0. The normalized spacial score (nSPS) is 23.0. The number of rotatable bonds is 3. The van der Waals surface area contributed by atoms with Crippen LogP contribution in [0.4, 0.5) is 0 Å². The fourth-order valence-corrected chi connectivity index (χ4v) is 2.99. The molecule has 5 heteroatoms. The maximum Gasteiger partial charge on any atom is 0.256 e. The van der Waals surface area contributed by atoms with E-state index >= 15 is 0 Å². The van der Waals surface area contributed by atoms with E-state index in [1.165, 1.54) is 0 Å². The number of aryl methyl sites for hydroxylation is 1. The lowest BCUT2D eigenvalue weighted by Gasteiger charge is -2.19. The molecule has 1 aliphatic heterocycles. The molecular formula is C16H20N2O3. The van der Waals surface area contributed by atoms with Gasteiger partial charge in [0.25, 0.3) is 5.56 Å². The van der Waals surface area contributed by atoms with Crippen molar-refractivity contribution in [3.05, 3.63) is 45.9 Å². The highest BCUT2D eigenvalue weighted by molar-refractivity contribution is 5.84. The number of pyridine rings is 1. The second kappa shape index (κ2) is 5.60. The average molecular weight is 288 g/mol. The molecule has 1 unspecified atom stereocenters. The highest BCUT2D eigenvalue weighted by Crippen LogP contribution is 2.18. The molecule has 2 atom stereocenters. The third-order valence-corrected chi connectivity index (χ3v) is 4.18. The van der Waals surface area contributed by atoms with Crippen LogP contribution in [0, 0.1) is 6.92 Å². The Morgan fingerprint density at radius 2 is 2.14 bits per heavy atom. The van der Waals surface area contributed by atoms with E-state index in [1.807, 2.05) is 36.1 Å². The fraction of sp³-hybridized carbons (Fsp3) is 0.438. The van der Waals surface area contributed by atoms with Gasteiger partial charge in [0.15, 0.2) is 0 Å². The summed E-state index contributed by atoms with van der Waals surface area (Å²) >= 11 is 0. The van der Waals surface area contributed by atoms with Crippen LogP contribution in [0.2, 0.25) is 0 Å². The van der Waals surface area contributed by atoms with E-state index in [0.717, 1.165) is 16.6 Å². The summed E-state index contributed by atoms with van der Waals surface area (Å²) in [5.41, 5.74) is 1.86. The number of aromatic amines is 1.